The number of aromatic amines is 2. The van der Waals surface area contributed by atoms with Gasteiger partial charge in [-0.1, -0.05) is 30.3 Å². The lowest BCUT2D eigenvalue weighted by atomic mass is 9.98. The van der Waals surface area contributed by atoms with Crippen LogP contribution in [0.3, 0.4) is 0 Å². The van der Waals surface area contributed by atoms with Crippen molar-refractivity contribution in [1.82, 2.24) is 9.97 Å². The number of ketones is 1. The molecule has 0 aliphatic carbocycles. The van der Waals surface area contributed by atoms with Gasteiger partial charge in [0.25, 0.3) is 0 Å². The number of aromatic hydroxyl groups is 1. The fourth-order valence-electron chi connectivity index (χ4n) is 2.39. The largest absolute Gasteiger partial charge is 0.493 e. The van der Waals surface area contributed by atoms with E-state index in [9.17, 15) is 14.7 Å². The summed E-state index contributed by atoms with van der Waals surface area (Å²) >= 11 is 0. The summed E-state index contributed by atoms with van der Waals surface area (Å²) in [6.45, 7) is 0. The smallest absolute Gasteiger partial charge is 0.325 e. The Kier molecular flexibility index (Phi) is 3.72. The van der Waals surface area contributed by atoms with Gasteiger partial charge in [-0.15, -0.1) is 0 Å². The van der Waals surface area contributed by atoms with Gasteiger partial charge in [0, 0.05) is 23.2 Å². The molecule has 0 fully saturated rings. The second-order valence-corrected chi connectivity index (χ2v) is 5.19. The Morgan fingerprint density at radius 3 is 2.43 bits per heavy atom. The van der Waals surface area contributed by atoms with Gasteiger partial charge in [-0.05, 0) is 23.8 Å². The molecule has 6 nitrogen and oxygen atoms in total. The predicted molar refractivity (Wildman–Crippen MR) is 86.6 cm³/mol. The molecular weight excluding hydrogens is 294 g/mol. The second kappa shape index (κ2) is 5.84. The van der Waals surface area contributed by atoms with E-state index in [0.717, 1.165) is 0 Å². The number of hydrogen-bond donors (Lipinski definition) is 4. The lowest BCUT2D eigenvalue weighted by molar-refractivity contribution is 0.103. The highest BCUT2D eigenvalue weighted by atomic mass is 16.3. The van der Waals surface area contributed by atoms with Crippen LogP contribution in [0.1, 0.15) is 27.2 Å². The number of nitrogens with two attached hydrogens (primary N) is 1. The quantitative estimate of drug-likeness (QED) is 0.435. The third-order valence-corrected chi connectivity index (χ3v) is 3.59. The number of carbonyl (C=O) groups is 1. The first-order valence-corrected chi connectivity index (χ1v) is 7.03. The van der Waals surface area contributed by atoms with E-state index in [4.69, 9.17) is 5.73 Å². The van der Waals surface area contributed by atoms with Crippen LogP contribution in [0.2, 0.25) is 0 Å². The lowest BCUT2D eigenvalue weighted by Gasteiger charge is -2.08. The first-order valence-electron chi connectivity index (χ1n) is 7.03. The maximum Gasteiger partial charge on any atom is 0.325 e. The Balaban J connectivity index is 1.95. The maximum absolute atomic E-state index is 12.5. The monoisotopic (exact) mass is 309 g/mol. The zero-order valence-corrected chi connectivity index (χ0v) is 12.2. The van der Waals surface area contributed by atoms with E-state index in [1.165, 1.54) is 0 Å². The number of nitrogen functional groups attached to an aromatic ring is 1. The Bertz CT molecular complexity index is 910. The number of aromatic nitrogens is 2. The Morgan fingerprint density at radius 2 is 1.78 bits per heavy atom. The van der Waals surface area contributed by atoms with E-state index in [-0.39, 0.29) is 18.1 Å². The topological polar surface area (TPSA) is 112 Å². The van der Waals surface area contributed by atoms with Crippen molar-refractivity contribution in [2.45, 2.75) is 6.42 Å². The molecule has 23 heavy (non-hydrogen) atoms. The molecule has 0 atom stereocenters. The van der Waals surface area contributed by atoms with Gasteiger partial charge in [-0.25, -0.2) is 4.79 Å². The number of rotatable bonds is 4. The summed E-state index contributed by atoms with van der Waals surface area (Å²) in [6, 6.07) is 13.9. The van der Waals surface area contributed by atoms with E-state index in [1.807, 2.05) is 6.07 Å². The first-order chi connectivity index (χ1) is 11.0. The maximum atomic E-state index is 12.5. The van der Waals surface area contributed by atoms with Crippen molar-refractivity contribution in [2.24, 2.45) is 0 Å². The van der Waals surface area contributed by atoms with Crippen LogP contribution in [0.5, 0.6) is 5.88 Å². The molecule has 0 bridgehead atoms. The molecule has 116 valence electrons. The number of anilines is 1. The number of hydrogen-bond acceptors (Lipinski definition) is 4. The van der Waals surface area contributed by atoms with Crippen LogP contribution < -0.4 is 11.4 Å². The highest BCUT2D eigenvalue weighted by molar-refractivity contribution is 6.09. The number of benzene rings is 2. The number of nitrogens with one attached hydrogen (secondary N) is 2. The van der Waals surface area contributed by atoms with Crippen LogP contribution in [-0.4, -0.2) is 20.9 Å². The van der Waals surface area contributed by atoms with E-state index in [2.05, 4.69) is 9.97 Å². The van der Waals surface area contributed by atoms with Gasteiger partial charge in [-0.2, -0.15) is 0 Å². The van der Waals surface area contributed by atoms with Crippen molar-refractivity contribution in [3.8, 4) is 5.88 Å². The van der Waals surface area contributed by atoms with Crippen LogP contribution in [0.25, 0.3) is 0 Å². The molecule has 0 unspecified atom stereocenters. The van der Waals surface area contributed by atoms with E-state index >= 15 is 0 Å². The molecule has 0 aliphatic rings. The number of H-pyrrole nitrogens is 2. The van der Waals surface area contributed by atoms with Crippen molar-refractivity contribution < 1.29 is 9.90 Å². The zero-order chi connectivity index (χ0) is 16.4. The summed E-state index contributed by atoms with van der Waals surface area (Å²) in [6.07, 6.45) is 0.215. The van der Waals surface area contributed by atoms with Crippen LogP contribution in [0.4, 0.5) is 5.69 Å². The van der Waals surface area contributed by atoms with Gasteiger partial charge in [0.2, 0.25) is 5.88 Å². The molecule has 0 spiro atoms. The molecule has 5 N–H and O–H groups in total. The van der Waals surface area contributed by atoms with Crippen LogP contribution in [0.15, 0.2) is 53.3 Å². The van der Waals surface area contributed by atoms with Crippen molar-refractivity contribution in [3.05, 3.63) is 81.4 Å². The van der Waals surface area contributed by atoms with Crippen LogP contribution >= 0.6 is 0 Å². The van der Waals surface area contributed by atoms with Crippen molar-refractivity contribution in [3.63, 3.8) is 0 Å². The Hall–Kier alpha value is -3.28. The molecule has 0 amide bonds. The fourth-order valence-corrected chi connectivity index (χ4v) is 2.39. The van der Waals surface area contributed by atoms with Gasteiger partial charge >= 0.3 is 5.69 Å². The van der Waals surface area contributed by atoms with E-state index < -0.39 is 5.69 Å². The molecule has 1 heterocycles. The van der Waals surface area contributed by atoms with Crippen molar-refractivity contribution in [2.75, 3.05) is 5.73 Å². The summed E-state index contributed by atoms with van der Waals surface area (Å²) in [5.74, 6) is -0.340. The molecule has 1 aromatic heterocycles. The zero-order valence-electron chi connectivity index (χ0n) is 12.2. The van der Waals surface area contributed by atoms with Gasteiger partial charge in [0.1, 0.15) is 0 Å². The summed E-state index contributed by atoms with van der Waals surface area (Å²) in [5.41, 5.74) is 7.98. The van der Waals surface area contributed by atoms with Gasteiger partial charge in [0.15, 0.2) is 5.78 Å². The number of imidazole rings is 1. The van der Waals surface area contributed by atoms with Gasteiger partial charge in [-0.3, -0.25) is 9.78 Å². The minimum Gasteiger partial charge on any atom is -0.493 e. The lowest BCUT2D eigenvalue weighted by Crippen LogP contribution is -2.05. The number of carbonyl (C=O) groups excluding carboxylic acids is 1. The normalized spacial score (nSPS) is 10.6. The molecule has 0 saturated carbocycles. The summed E-state index contributed by atoms with van der Waals surface area (Å²) in [4.78, 5) is 28.4. The fraction of sp³-hybridized carbons (Fsp3) is 0.0588. The third-order valence-electron chi connectivity index (χ3n) is 3.59. The molecule has 0 aliphatic heterocycles. The summed E-state index contributed by atoms with van der Waals surface area (Å²) in [7, 11) is 0. The van der Waals surface area contributed by atoms with Crippen LogP contribution in [0, 0.1) is 0 Å². The highest BCUT2D eigenvalue weighted by Gasteiger charge is 2.13. The molecule has 0 saturated heterocycles. The van der Waals surface area contributed by atoms with E-state index in [1.54, 1.807) is 42.5 Å². The highest BCUT2D eigenvalue weighted by Crippen LogP contribution is 2.22. The van der Waals surface area contributed by atoms with Crippen LogP contribution in [-0.2, 0) is 6.42 Å². The average molecular weight is 309 g/mol. The molecule has 6 heteroatoms. The summed E-state index contributed by atoms with van der Waals surface area (Å²) in [5, 5.41) is 9.65. The standard InChI is InChI=1S/C17H15N3O3/c18-13-7-6-11(15(21)10-4-2-1-3-5-10)8-12(13)9-14-16(22)20-17(23)19-14/h1-8,22H,9,18H2,(H2,19,20,23). The van der Waals surface area contributed by atoms with Crippen molar-refractivity contribution >= 4 is 11.5 Å². The predicted octanol–water partition coefficient (Wildman–Crippen LogP) is 1.81. The second-order valence-electron chi connectivity index (χ2n) is 5.19. The minimum absolute atomic E-state index is 0.112. The third kappa shape index (κ3) is 3.01. The molecule has 2 aromatic carbocycles. The Morgan fingerprint density at radius 1 is 1.04 bits per heavy atom. The first kappa shape index (κ1) is 14.6. The van der Waals surface area contributed by atoms with Gasteiger partial charge < -0.3 is 15.8 Å². The van der Waals surface area contributed by atoms with Gasteiger partial charge in [0.05, 0.1) is 5.69 Å². The van der Waals surface area contributed by atoms with Crippen molar-refractivity contribution in [1.29, 1.82) is 0 Å². The minimum atomic E-state index is -0.493. The molecule has 3 rings (SSSR count). The SMILES string of the molecule is Nc1ccc(C(=O)c2ccccc2)cc1Cc1[nH]c(=O)[nH]c1O. The molecule has 0 radical (unpaired) electrons. The average Bonchev–Trinajstić information content (AvgIpc) is 2.87. The Labute approximate surface area is 131 Å². The van der Waals surface area contributed by atoms with E-state index in [0.29, 0.717) is 28.1 Å². The molecular formula is C17H15N3O3. The molecule has 3 aromatic rings. The summed E-state index contributed by atoms with van der Waals surface area (Å²) < 4.78 is 0.